The number of amides is 2. The average molecular weight is 576 g/mol. The van der Waals surface area contributed by atoms with Crippen LogP contribution in [0, 0.1) is 0 Å². The SMILES string of the molecule is COc1ccc(CN2C[C@@H](O)Cn3c(c4n(c3=O)CCN(C(=O)c3ccc(Br)c(Cl)c3)C4)C2=O)cc1. The molecule has 36 heavy (non-hydrogen) atoms. The number of β-amino-alcohol motifs (C(OH)–C–C–N with tert-alkyl or cyclic N) is 1. The third-order valence-corrected chi connectivity index (χ3v) is 7.80. The van der Waals surface area contributed by atoms with Crippen molar-refractivity contribution in [3.05, 3.63) is 85.0 Å². The molecule has 0 spiro atoms. The van der Waals surface area contributed by atoms with E-state index in [1.807, 2.05) is 24.3 Å². The number of nitrogens with zero attached hydrogens (tertiary/aromatic N) is 4. The van der Waals surface area contributed by atoms with E-state index in [9.17, 15) is 19.5 Å². The van der Waals surface area contributed by atoms with E-state index in [0.29, 0.717) is 33.0 Å². The van der Waals surface area contributed by atoms with Gasteiger partial charge in [-0.25, -0.2) is 4.79 Å². The number of hydrogen-bond donors (Lipinski definition) is 1. The quantitative estimate of drug-likeness (QED) is 0.516. The summed E-state index contributed by atoms with van der Waals surface area (Å²) in [6.45, 7) is 1.03. The molecule has 3 heterocycles. The Kier molecular flexibility index (Phi) is 6.67. The number of methoxy groups -OCH3 is 1. The lowest BCUT2D eigenvalue weighted by atomic mass is 10.1. The van der Waals surface area contributed by atoms with Crippen LogP contribution in [-0.2, 0) is 26.2 Å². The van der Waals surface area contributed by atoms with Gasteiger partial charge in [0, 0.05) is 36.2 Å². The van der Waals surface area contributed by atoms with Crippen LogP contribution in [0.1, 0.15) is 32.1 Å². The van der Waals surface area contributed by atoms with Crippen LogP contribution < -0.4 is 10.4 Å². The monoisotopic (exact) mass is 574 g/mol. The summed E-state index contributed by atoms with van der Waals surface area (Å²) in [4.78, 5) is 43.3. The van der Waals surface area contributed by atoms with Crippen molar-refractivity contribution >= 4 is 39.3 Å². The van der Waals surface area contributed by atoms with Gasteiger partial charge >= 0.3 is 5.69 Å². The summed E-state index contributed by atoms with van der Waals surface area (Å²) in [7, 11) is 1.58. The van der Waals surface area contributed by atoms with Crippen molar-refractivity contribution in [1.82, 2.24) is 18.9 Å². The van der Waals surface area contributed by atoms with Gasteiger partial charge in [0.25, 0.3) is 11.8 Å². The molecular formula is C25H24BrClN4O5. The first-order valence-corrected chi connectivity index (χ1v) is 12.6. The first kappa shape index (κ1) is 24.6. The molecule has 2 aliphatic rings. The van der Waals surface area contributed by atoms with E-state index >= 15 is 0 Å². The topological polar surface area (TPSA) is 97.0 Å². The fourth-order valence-electron chi connectivity index (χ4n) is 4.75. The van der Waals surface area contributed by atoms with Crippen LogP contribution in [0.5, 0.6) is 5.75 Å². The van der Waals surface area contributed by atoms with Crippen LogP contribution in [0.2, 0.25) is 5.02 Å². The number of ether oxygens (including phenoxy) is 1. The normalized spacial score (nSPS) is 17.4. The van der Waals surface area contributed by atoms with Gasteiger partial charge in [-0.2, -0.15) is 0 Å². The third-order valence-electron chi connectivity index (χ3n) is 6.57. The lowest BCUT2D eigenvalue weighted by Gasteiger charge is -2.29. The lowest BCUT2D eigenvalue weighted by molar-refractivity contribution is 0.0616. The molecule has 3 aromatic rings. The first-order chi connectivity index (χ1) is 17.3. The molecule has 1 aromatic heterocycles. The highest BCUT2D eigenvalue weighted by molar-refractivity contribution is 9.10. The minimum Gasteiger partial charge on any atom is -0.497 e. The van der Waals surface area contributed by atoms with Crippen molar-refractivity contribution in [2.45, 2.75) is 32.3 Å². The first-order valence-electron chi connectivity index (χ1n) is 11.4. The summed E-state index contributed by atoms with van der Waals surface area (Å²) < 4.78 is 8.77. The molecule has 0 saturated carbocycles. The van der Waals surface area contributed by atoms with Gasteiger partial charge in [0.2, 0.25) is 0 Å². The molecule has 9 nitrogen and oxygen atoms in total. The molecule has 2 aromatic carbocycles. The fraction of sp³-hybridized carbons (Fsp3) is 0.320. The van der Waals surface area contributed by atoms with E-state index in [-0.39, 0.29) is 55.9 Å². The number of aromatic nitrogens is 2. The molecular weight excluding hydrogens is 552 g/mol. The molecule has 0 radical (unpaired) electrons. The second-order valence-electron chi connectivity index (χ2n) is 8.88. The molecule has 0 aliphatic carbocycles. The highest BCUT2D eigenvalue weighted by Gasteiger charge is 2.36. The summed E-state index contributed by atoms with van der Waals surface area (Å²) in [5, 5.41) is 11.1. The molecule has 5 rings (SSSR count). The molecule has 1 N–H and O–H groups in total. The molecule has 2 aliphatic heterocycles. The second kappa shape index (κ2) is 9.76. The zero-order chi connectivity index (χ0) is 25.6. The minimum atomic E-state index is -0.904. The molecule has 1 atom stereocenters. The van der Waals surface area contributed by atoms with E-state index in [0.717, 1.165) is 5.56 Å². The van der Waals surface area contributed by atoms with Crippen LogP contribution in [0.25, 0.3) is 0 Å². The number of halogens is 2. The summed E-state index contributed by atoms with van der Waals surface area (Å²) in [5.41, 5.74) is 1.63. The Morgan fingerprint density at radius 1 is 1.11 bits per heavy atom. The van der Waals surface area contributed by atoms with Gasteiger partial charge in [-0.15, -0.1) is 0 Å². The molecule has 188 valence electrons. The number of imidazole rings is 1. The average Bonchev–Trinajstić information content (AvgIpc) is 3.07. The van der Waals surface area contributed by atoms with Crippen LogP contribution in [-0.4, -0.2) is 62.2 Å². The van der Waals surface area contributed by atoms with Gasteiger partial charge in [-0.1, -0.05) is 23.7 Å². The van der Waals surface area contributed by atoms with Gasteiger partial charge in [-0.05, 0) is 51.8 Å². The molecule has 11 heteroatoms. The molecule has 0 unspecified atom stereocenters. The fourth-order valence-corrected chi connectivity index (χ4v) is 5.18. The number of hydrogen-bond acceptors (Lipinski definition) is 5. The number of carbonyl (C=O) groups excluding carboxylic acids is 2. The zero-order valence-corrected chi connectivity index (χ0v) is 21.8. The Balaban J connectivity index is 1.47. The van der Waals surface area contributed by atoms with Crippen LogP contribution in [0.4, 0.5) is 0 Å². The van der Waals surface area contributed by atoms with E-state index in [1.54, 1.807) is 35.1 Å². The summed E-state index contributed by atoms with van der Waals surface area (Å²) in [6, 6.07) is 12.3. The molecule has 2 amide bonds. The van der Waals surface area contributed by atoms with Crippen molar-refractivity contribution in [3.63, 3.8) is 0 Å². The number of rotatable bonds is 4. The number of benzene rings is 2. The maximum absolute atomic E-state index is 13.7. The number of carbonyl (C=O) groups is 2. The number of aliphatic hydroxyl groups is 1. The minimum absolute atomic E-state index is 0.00921. The Bertz CT molecular complexity index is 1400. The van der Waals surface area contributed by atoms with Crippen molar-refractivity contribution in [2.24, 2.45) is 0 Å². The highest BCUT2D eigenvalue weighted by atomic mass is 79.9. The Hall–Kier alpha value is -3.08. The predicted octanol–water partition coefficient (Wildman–Crippen LogP) is 2.75. The van der Waals surface area contributed by atoms with Crippen molar-refractivity contribution in [3.8, 4) is 5.75 Å². The van der Waals surface area contributed by atoms with E-state index in [1.165, 1.54) is 9.13 Å². The maximum atomic E-state index is 13.7. The molecule has 0 bridgehead atoms. The van der Waals surface area contributed by atoms with Gasteiger partial charge in [0.1, 0.15) is 11.4 Å². The second-order valence-corrected chi connectivity index (χ2v) is 10.1. The summed E-state index contributed by atoms with van der Waals surface area (Å²) in [6.07, 6.45) is -0.904. The Labute approximate surface area is 220 Å². The Morgan fingerprint density at radius 2 is 1.86 bits per heavy atom. The third kappa shape index (κ3) is 4.44. The largest absolute Gasteiger partial charge is 0.497 e. The van der Waals surface area contributed by atoms with Gasteiger partial charge in [-0.3, -0.25) is 18.7 Å². The van der Waals surface area contributed by atoms with E-state index in [2.05, 4.69) is 15.9 Å². The standard InChI is InChI=1S/C25H24BrClN4O5/c1-36-18-5-2-15(3-6-18)11-29-12-17(32)13-31-22(24(29)34)21-14-28(8-9-30(21)25(31)35)23(33)16-4-7-19(26)20(27)10-16/h2-7,10,17,32H,8-9,11-14H2,1H3/t17-/m1/s1. The highest BCUT2D eigenvalue weighted by Crippen LogP contribution is 2.26. The molecule has 0 fully saturated rings. The van der Waals surface area contributed by atoms with Gasteiger partial charge < -0.3 is 19.6 Å². The smallest absolute Gasteiger partial charge is 0.329 e. The van der Waals surface area contributed by atoms with Crippen LogP contribution >= 0.6 is 27.5 Å². The maximum Gasteiger partial charge on any atom is 0.329 e. The predicted molar refractivity (Wildman–Crippen MR) is 136 cm³/mol. The van der Waals surface area contributed by atoms with E-state index < -0.39 is 6.10 Å². The van der Waals surface area contributed by atoms with Crippen LogP contribution in [0.3, 0.4) is 0 Å². The summed E-state index contributed by atoms with van der Waals surface area (Å²) in [5.74, 6) is 0.113. The summed E-state index contributed by atoms with van der Waals surface area (Å²) >= 11 is 9.51. The number of fused-ring (bicyclic) bond motifs is 3. The lowest BCUT2D eigenvalue weighted by Crippen LogP contribution is -2.42. The van der Waals surface area contributed by atoms with E-state index in [4.69, 9.17) is 16.3 Å². The van der Waals surface area contributed by atoms with Crippen molar-refractivity contribution in [2.75, 3.05) is 20.2 Å². The van der Waals surface area contributed by atoms with Crippen molar-refractivity contribution < 1.29 is 19.4 Å². The van der Waals surface area contributed by atoms with Gasteiger partial charge in [0.15, 0.2) is 0 Å². The van der Waals surface area contributed by atoms with Crippen LogP contribution in [0.15, 0.2) is 51.7 Å². The zero-order valence-electron chi connectivity index (χ0n) is 19.5. The van der Waals surface area contributed by atoms with Gasteiger partial charge in [0.05, 0.1) is 37.0 Å². The Morgan fingerprint density at radius 3 is 2.56 bits per heavy atom. The molecule has 0 saturated heterocycles. The number of aliphatic hydroxyl groups excluding tert-OH is 1. The van der Waals surface area contributed by atoms with Crippen molar-refractivity contribution in [1.29, 1.82) is 0 Å².